The summed E-state index contributed by atoms with van der Waals surface area (Å²) in [7, 11) is 0. The van der Waals surface area contributed by atoms with Gasteiger partial charge in [-0.05, 0) is 36.2 Å². The fourth-order valence-electron chi connectivity index (χ4n) is 3.41. The molecule has 0 radical (unpaired) electrons. The molecule has 0 saturated heterocycles. The van der Waals surface area contributed by atoms with Gasteiger partial charge in [-0.25, -0.2) is 9.97 Å². The number of aromatic nitrogens is 3. The minimum atomic E-state index is 0.152. The number of nitrogens with two attached hydrogens (primary N) is 2. The number of anilines is 2. The molecule has 142 valence electrons. The number of nitrogens with zero attached hydrogens (tertiary/aromatic N) is 3. The summed E-state index contributed by atoms with van der Waals surface area (Å²) in [5, 5.41) is 1.60. The highest BCUT2D eigenvalue weighted by molar-refractivity contribution is 7.26. The van der Waals surface area contributed by atoms with Crippen LogP contribution < -0.4 is 11.5 Å². The summed E-state index contributed by atoms with van der Waals surface area (Å²) in [6.45, 7) is 2.07. The molecule has 0 atom stereocenters. The van der Waals surface area contributed by atoms with Gasteiger partial charge in [0.1, 0.15) is 10.6 Å². The lowest BCUT2D eigenvalue weighted by atomic mass is 9.99. The first-order chi connectivity index (χ1) is 14.0. The van der Waals surface area contributed by atoms with Crippen molar-refractivity contribution in [3.63, 3.8) is 0 Å². The summed E-state index contributed by atoms with van der Waals surface area (Å²) in [5.74, 6) is 0.522. The highest BCUT2D eigenvalue weighted by Gasteiger charge is 2.18. The molecule has 0 aliphatic carbocycles. The average Bonchev–Trinajstić information content (AvgIpc) is 3.07. The van der Waals surface area contributed by atoms with Gasteiger partial charge in [-0.1, -0.05) is 53.6 Å². The molecule has 2 aromatic carbocycles. The number of hydrogen-bond donors (Lipinski definition) is 2. The molecule has 4 N–H and O–H groups in total. The minimum Gasteiger partial charge on any atom is -0.382 e. The molecule has 5 rings (SSSR count). The predicted molar refractivity (Wildman–Crippen MR) is 122 cm³/mol. The largest absolute Gasteiger partial charge is 0.382 e. The number of pyridine rings is 1. The third-order valence-corrected chi connectivity index (χ3v) is 6.18. The second kappa shape index (κ2) is 6.69. The molecule has 0 unspecified atom stereocenters. The van der Waals surface area contributed by atoms with Crippen LogP contribution in [0, 0.1) is 6.92 Å². The minimum absolute atomic E-state index is 0.152. The summed E-state index contributed by atoms with van der Waals surface area (Å²) in [6.07, 6.45) is 0. The first kappa shape index (κ1) is 17.8. The Hall–Kier alpha value is -3.22. The number of rotatable bonds is 2. The number of fused-ring (bicyclic) bond motifs is 3. The number of hydrogen-bond acceptors (Lipinski definition) is 6. The fraction of sp³-hybridized carbons (Fsp3) is 0.0455. The highest BCUT2D eigenvalue weighted by Crippen LogP contribution is 2.42. The molecule has 0 aliphatic heterocycles. The van der Waals surface area contributed by atoms with E-state index < -0.39 is 0 Å². The van der Waals surface area contributed by atoms with E-state index in [2.05, 4.69) is 47.2 Å². The zero-order chi connectivity index (χ0) is 20.1. The summed E-state index contributed by atoms with van der Waals surface area (Å²) in [4.78, 5) is 14.3. The van der Waals surface area contributed by atoms with Crippen LogP contribution in [0.15, 0.2) is 54.6 Å². The normalized spacial score (nSPS) is 11.4. The molecule has 0 amide bonds. The zero-order valence-electron chi connectivity index (χ0n) is 15.5. The highest BCUT2D eigenvalue weighted by atomic mass is 35.5. The zero-order valence-corrected chi connectivity index (χ0v) is 17.1. The Bertz CT molecular complexity index is 1380. The first-order valence-corrected chi connectivity index (χ1v) is 10.2. The molecular formula is C22H16ClN5S. The van der Waals surface area contributed by atoms with Gasteiger partial charge in [0.25, 0.3) is 0 Å². The van der Waals surface area contributed by atoms with Gasteiger partial charge in [-0.3, -0.25) is 0 Å². The smallest absolute Gasteiger partial charge is 0.222 e. The molecule has 7 heteroatoms. The van der Waals surface area contributed by atoms with Gasteiger partial charge in [0.05, 0.1) is 15.9 Å². The van der Waals surface area contributed by atoms with Crippen LogP contribution in [0.25, 0.3) is 42.8 Å². The lowest BCUT2D eigenvalue weighted by Gasteiger charge is -2.09. The molecular weight excluding hydrogens is 402 g/mol. The van der Waals surface area contributed by atoms with E-state index in [-0.39, 0.29) is 5.95 Å². The van der Waals surface area contributed by atoms with E-state index >= 15 is 0 Å². The standard InChI is InChI=1S/C22H16ClN5S/c1-11-2-4-13(5-3-11)16-10-15(12-6-8-14(23)9-7-12)17-18-19(29-21(17)26-16)20(24)28-22(25)27-18/h2-10H,1H3,(H4,24,25,27,28). The van der Waals surface area contributed by atoms with Gasteiger partial charge >= 0.3 is 0 Å². The van der Waals surface area contributed by atoms with E-state index in [9.17, 15) is 0 Å². The number of halogens is 1. The Morgan fingerprint density at radius 3 is 2.28 bits per heavy atom. The average molecular weight is 418 g/mol. The van der Waals surface area contributed by atoms with Gasteiger partial charge in [0.2, 0.25) is 5.95 Å². The van der Waals surface area contributed by atoms with Crippen molar-refractivity contribution >= 4 is 55.1 Å². The maximum Gasteiger partial charge on any atom is 0.222 e. The summed E-state index contributed by atoms with van der Waals surface area (Å²) >= 11 is 7.59. The molecule has 0 saturated carbocycles. The molecule has 29 heavy (non-hydrogen) atoms. The van der Waals surface area contributed by atoms with Crippen molar-refractivity contribution in [3.8, 4) is 22.4 Å². The van der Waals surface area contributed by atoms with Crippen LogP contribution >= 0.6 is 22.9 Å². The third-order valence-electron chi connectivity index (χ3n) is 4.83. The van der Waals surface area contributed by atoms with Gasteiger partial charge in [-0.2, -0.15) is 4.98 Å². The molecule has 5 aromatic rings. The molecule has 5 nitrogen and oxygen atoms in total. The van der Waals surface area contributed by atoms with E-state index in [1.54, 1.807) is 0 Å². The topological polar surface area (TPSA) is 90.7 Å². The molecule has 3 heterocycles. The van der Waals surface area contributed by atoms with Crippen LogP contribution in [0.2, 0.25) is 5.02 Å². The van der Waals surface area contributed by atoms with Crippen molar-refractivity contribution in [1.82, 2.24) is 15.0 Å². The van der Waals surface area contributed by atoms with Crippen molar-refractivity contribution in [1.29, 1.82) is 0 Å². The lowest BCUT2D eigenvalue weighted by Crippen LogP contribution is -1.99. The lowest BCUT2D eigenvalue weighted by molar-refractivity contribution is 1.26. The van der Waals surface area contributed by atoms with E-state index in [0.717, 1.165) is 42.8 Å². The summed E-state index contributed by atoms with van der Waals surface area (Å²) in [5.41, 5.74) is 17.9. The first-order valence-electron chi connectivity index (χ1n) is 8.99. The van der Waals surface area contributed by atoms with Crippen molar-refractivity contribution in [2.24, 2.45) is 0 Å². The van der Waals surface area contributed by atoms with Crippen LogP contribution in [0.4, 0.5) is 11.8 Å². The molecule has 0 spiro atoms. The van der Waals surface area contributed by atoms with Gasteiger partial charge in [0.15, 0.2) is 0 Å². The van der Waals surface area contributed by atoms with Crippen LogP contribution in [0.5, 0.6) is 0 Å². The SMILES string of the molecule is Cc1ccc(-c2cc(-c3ccc(Cl)cc3)c3c(n2)sc2c(N)nc(N)nc23)cc1. The second-order valence-electron chi connectivity index (χ2n) is 6.85. The van der Waals surface area contributed by atoms with Gasteiger partial charge < -0.3 is 11.5 Å². The Morgan fingerprint density at radius 2 is 1.55 bits per heavy atom. The third kappa shape index (κ3) is 3.06. The number of benzene rings is 2. The van der Waals surface area contributed by atoms with Crippen LogP contribution in [-0.2, 0) is 0 Å². The fourth-order valence-corrected chi connectivity index (χ4v) is 4.57. The van der Waals surface area contributed by atoms with Gasteiger partial charge in [-0.15, -0.1) is 11.3 Å². The Balaban J connectivity index is 1.88. The summed E-state index contributed by atoms with van der Waals surface area (Å²) in [6, 6.07) is 18.1. The Labute approximate surface area is 176 Å². The molecule has 0 aliphatic rings. The van der Waals surface area contributed by atoms with Crippen molar-refractivity contribution in [2.45, 2.75) is 6.92 Å². The number of nitrogen functional groups attached to an aromatic ring is 2. The van der Waals surface area contributed by atoms with Crippen molar-refractivity contribution < 1.29 is 0 Å². The summed E-state index contributed by atoms with van der Waals surface area (Å²) < 4.78 is 0.790. The van der Waals surface area contributed by atoms with E-state index in [1.165, 1.54) is 16.9 Å². The molecule has 0 bridgehead atoms. The van der Waals surface area contributed by atoms with E-state index in [4.69, 9.17) is 28.1 Å². The van der Waals surface area contributed by atoms with Crippen LogP contribution in [0.3, 0.4) is 0 Å². The second-order valence-corrected chi connectivity index (χ2v) is 8.29. The molecule has 3 aromatic heterocycles. The Morgan fingerprint density at radius 1 is 0.862 bits per heavy atom. The van der Waals surface area contributed by atoms with Crippen LogP contribution in [-0.4, -0.2) is 15.0 Å². The molecule has 0 fully saturated rings. The number of thiophene rings is 1. The maximum absolute atomic E-state index is 6.13. The predicted octanol–water partition coefficient (Wildman–Crippen LogP) is 5.70. The maximum atomic E-state index is 6.13. The van der Waals surface area contributed by atoms with E-state index in [1.807, 2.05) is 24.3 Å². The number of aryl methyl sites for hydroxylation is 1. The van der Waals surface area contributed by atoms with Crippen LogP contribution in [0.1, 0.15) is 5.56 Å². The quantitative estimate of drug-likeness (QED) is 0.384. The van der Waals surface area contributed by atoms with Gasteiger partial charge in [0, 0.05) is 16.0 Å². The van der Waals surface area contributed by atoms with Crippen molar-refractivity contribution in [3.05, 3.63) is 65.2 Å². The monoisotopic (exact) mass is 417 g/mol. The van der Waals surface area contributed by atoms with E-state index in [0.29, 0.717) is 10.8 Å². The Kier molecular flexibility index (Phi) is 4.12. The van der Waals surface area contributed by atoms with Crippen molar-refractivity contribution in [2.75, 3.05) is 11.5 Å².